The number of aliphatic hydroxyl groups is 1. The Labute approximate surface area is 134 Å². The van der Waals surface area contributed by atoms with Crippen LogP contribution in [0.25, 0.3) is 0 Å². The maximum absolute atomic E-state index is 10.9. The predicted octanol–water partition coefficient (Wildman–Crippen LogP) is 2.14. The van der Waals surface area contributed by atoms with Crippen molar-refractivity contribution in [3.63, 3.8) is 0 Å². The fourth-order valence-electron chi connectivity index (χ4n) is 2.90. The number of benzene rings is 2. The van der Waals surface area contributed by atoms with Crippen LogP contribution in [0.1, 0.15) is 27.9 Å². The van der Waals surface area contributed by atoms with Crippen LogP contribution >= 0.6 is 0 Å². The molecule has 0 saturated carbocycles. The Hall–Kier alpha value is -2.37. The Morgan fingerprint density at radius 1 is 1.17 bits per heavy atom. The van der Waals surface area contributed by atoms with Crippen molar-refractivity contribution in [3.8, 4) is 5.75 Å². The number of nitrogens with one attached hydrogen (secondary N) is 1. The van der Waals surface area contributed by atoms with Gasteiger partial charge in [0.25, 0.3) is 0 Å². The molecule has 1 aliphatic heterocycles. The monoisotopic (exact) mass is 313 g/mol. The van der Waals surface area contributed by atoms with Gasteiger partial charge in [-0.1, -0.05) is 30.3 Å². The second kappa shape index (κ2) is 6.40. The number of carboxylic acids is 1. The summed E-state index contributed by atoms with van der Waals surface area (Å²) in [6.07, 6.45) is 0.674. The molecule has 2 aromatic carbocycles. The SMILES string of the molecule is O=C(O)c1ccc(CNC2(CO)CCOc3ccccc32)cc1. The van der Waals surface area contributed by atoms with E-state index >= 15 is 0 Å². The Balaban J connectivity index is 1.79. The van der Waals surface area contributed by atoms with Crippen LogP contribution in [0.2, 0.25) is 0 Å². The Bertz CT molecular complexity index is 698. The van der Waals surface area contributed by atoms with E-state index in [2.05, 4.69) is 5.32 Å². The molecule has 2 aromatic rings. The average molecular weight is 313 g/mol. The number of rotatable bonds is 5. The lowest BCUT2D eigenvalue weighted by molar-refractivity contribution is 0.0697. The van der Waals surface area contributed by atoms with Gasteiger partial charge in [0.1, 0.15) is 5.75 Å². The molecule has 0 bridgehead atoms. The number of carboxylic acid groups (broad SMARTS) is 1. The number of para-hydroxylation sites is 1. The molecule has 0 radical (unpaired) electrons. The minimum Gasteiger partial charge on any atom is -0.493 e. The number of hydrogen-bond donors (Lipinski definition) is 3. The van der Waals surface area contributed by atoms with Gasteiger partial charge in [-0.25, -0.2) is 4.79 Å². The van der Waals surface area contributed by atoms with Gasteiger partial charge in [0, 0.05) is 18.5 Å². The van der Waals surface area contributed by atoms with E-state index < -0.39 is 11.5 Å². The van der Waals surface area contributed by atoms with Crippen molar-refractivity contribution in [1.29, 1.82) is 0 Å². The third-order valence-electron chi connectivity index (χ3n) is 4.29. The third-order valence-corrected chi connectivity index (χ3v) is 4.29. The van der Waals surface area contributed by atoms with Crippen molar-refractivity contribution in [2.75, 3.05) is 13.2 Å². The normalized spacial score (nSPS) is 19.7. The number of fused-ring (bicyclic) bond motifs is 1. The molecule has 0 aromatic heterocycles. The largest absolute Gasteiger partial charge is 0.493 e. The lowest BCUT2D eigenvalue weighted by atomic mass is 9.85. The highest BCUT2D eigenvalue weighted by Crippen LogP contribution is 2.36. The zero-order valence-corrected chi connectivity index (χ0v) is 12.7. The smallest absolute Gasteiger partial charge is 0.335 e. The average Bonchev–Trinajstić information content (AvgIpc) is 2.60. The summed E-state index contributed by atoms with van der Waals surface area (Å²) >= 11 is 0. The van der Waals surface area contributed by atoms with E-state index in [1.807, 2.05) is 24.3 Å². The minimum absolute atomic E-state index is 0.0272. The Morgan fingerprint density at radius 3 is 2.61 bits per heavy atom. The van der Waals surface area contributed by atoms with Gasteiger partial charge in [-0.3, -0.25) is 0 Å². The first-order valence-corrected chi connectivity index (χ1v) is 7.55. The van der Waals surface area contributed by atoms with Crippen molar-refractivity contribution in [2.45, 2.75) is 18.5 Å². The van der Waals surface area contributed by atoms with E-state index in [4.69, 9.17) is 9.84 Å². The molecule has 5 nitrogen and oxygen atoms in total. The first-order chi connectivity index (χ1) is 11.1. The summed E-state index contributed by atoms with van der Waals surface area (Å²) < 4.78 is 5.66. The summed E-state index contributed by atoms with van der Waals surface area (Å²) in [6, 6.07) is 14.5. The molecule has 0 spiro atoms. The van der Waals surface area contributed by atoms with Gasteiger partial charge in [-0.05, 0) is 23.8 Å². The van der Waals surface area contributed by atoms with Crippen LogP contribution in [0.4, 0.5) is 0 Å². The number of aliphatic hydroxyl groups excluding tert-OH is 1. The van der Waals surface area contributed by atoms with Crippen LogP contribution in [0.15, 0.2) is 48.5 Å². The van der Waals surface area contributed by atoms with E-state index in [1.165, 1.54) is 0 Å². The fraction of sp³-hybridized carbons (Fsp3) is 0.278. The van der Waals surface area contributed by atoms with Crippen LogP contribution in [0.5, 0.6) is 5.75 Å². The van der Waals surface area contributed by atoms with Gasteiger partial charge in [0.15, 0.2) is 0 Å². The maximum Gasteiger partial charge on any atom is 0.335 e. The van der Waals surface area contributed by atoms with Gasteiger partial charge in [0.05, 0.1) is 24.3 Å². The van der Waals surface area contributed by atoms with Crippen molar-refractivity contribution >= 4 is 5.97 Å². The molecule has 0 saturated heterocycles. The van der Waals surface area contributed by atoms with E-state index in [1.54, 1.807) is 24.3 Å². The molecule has 23 heavy (non-hydrogen) atoms. The summed E-state index contributed by atoms with van der Waals surface area (Å²) in [5, 5.41) is 22.4. The van der Waals surface area contributed by atoms with Gasteiger partial charge in [-0.2, -0.15) is 0 Å². The van der Waals surface area contributed by atoms with Crippen molar-refractivity contribution in [3.05, 3.63) is 65.2 Å². The van der Waals surface area contributed by atoms with E-state index in [-0.39, 0.29) is 12.2 Å². The molecule has 5 heteroatoms. The van der Waals surface area contributed by atoms with E-state index in [0.29, 0.717) is 19.6 Å². The van der Waals surface area contributed by atoms with Crippen molar-refractivity contribution in [1.82, 2.24) is 5.32 Å². The minimum atomic E-state index is -0.935. The molecular weight excluding hydrogens is 294 g/mol. The summed E-state index contributed by atoms with van der Waals surface area (Å²) in [4.78, 5) is 10.9. The topological polar surface area (TPSA) is 78.8 Å². The van der Waals surface area contributed by atoms with Gasteiger partial charge in [0.2, 0.25) is 0 Å². The van der Waals surface area contributed by atoms with E-state index in [9.17, 15) is 9.90 Å². The third kappa shape index (κ3) is 3.06. The molecule has 0 fully saturated rings. The van der Waals surface area contributed by atoms with Gasteiger partial charge >= 0.3 is 5.97 Å². The molecule has 1 aliphatic rings. The number of carbonyl (C=O) groups is 1. The summed E-state index contributed by atoms with van der Waals surface area (Å²) in [6.45, 7) is 1.05. The van der Waals surface area contributed by atoms with Crippen LogP contribution in [0.3, 0.4) is 0 Å². The molecule has 3 rings (SSSR count). The predicted molar refractivity (Wildman–Crippen MR) is 85.6 cm³/mol. The summed E-state index contributed by atoms with van der Waals surface area (Å²) in [5.74, 6) is -0.142. The molecular formula is C18H19NO4. The highest BCUT2D eigenvalue weighted by molar-refractivity contribution is 5.87. The Morgan fingerprint density at radius 2 is 1.91 bits per heavy atom. The first kappa shape index (κ1) is 15.5. The van der Waals surface area contributed by atoms with Crippen LogP contribution < -0.4 is 10.1 Å². The maximum atomic E-state index is 10.9. The Kier molecular flexibility index (Phi) is 4.32. The second-order valence-corrected chi connectivity index (χ2v) is 5.69. The van der Waals surface area contributed by atoms with Gasteiger partial charge < -0.3 is 20.3 Å². The van der Waals surface area contributed by atoms with Crippen LogP contribution in [-0.4, -0.2) is 29.4 Å². The van der Waals surface area contributed by atoms with Crippen LogP contribution in [-0.2, 0) is 12.1 Å². The lowest BCUT2D eigenvalue weighted by Crippen LogP contribution is -2.48. The van der Waals surface area contributed by atoms with E-state index in [0.717, 1.165) is 16.9 Å². The molecule has 1 atom stereocenters. The highest BCUT2D eigenvalue weighted by atomic mass is 16.5. The highest BCUT2D eigenvalue weighted by Gasteiger charge is 2.36. The standard InChI is InChI=1S/C18H19NO4/c20-12-18(9-10-23-16-4-2-1-3-15(16)18)19-11-13-5-7-14(8-6-13)17(21)22/h1-8,19-20H,9-12H2,(H,21,22). The molecule has 1 heterocycles. The quantitative estimate of drug-likeness (QED) is 0.788. The number of ether oxygens (including phenoxy) is 1. The van der Waals surface area contributed by atoms with Crippen molar-refractivity contribution < 1.29 is 19.7 Å². The van der Waals surface area contributed by atoms with Crippen molar-refractivity contribution in [2.24, 2.45) is 0 Å². The second-order valence-electron chi connectivity index (χ2n) is 5.69. The number of hydrogen-bond acceptors (Lipinski definition) is 4. The molecule has 120 valence electrons. The molecule has 3 N–H and O–H groups in total. The van der Waals surface area contributed by atoms with Crippen LogP contribution in [0, 0.1) is 0 Å². The van der Waals surface area contributed by atoms with Gasteiger partial charge in [-0.15, -0.1) is 0 Å². The first-order valence-electron chi connectivity index (χ1n) is 7.55. The molecule has 0 aliphatic carbocycles. The zero-order valence-electron chi connectivity index (χ0n) is 12.7. The zero-order chi connectivity index (χ0) is 16.3. The summed E-state index contributed by atoms with van der Waals surface area (Å²) in [5.41, 5.74) is 1.64. The molecule has 0 amide bonds. The number of aromatic carboxylic acids is 1. The molecule has 1 unspecified atom stereocenters. The lowest BCUT2D eigenvalue weighted by Gasteiger charge is -2.38. The fourth-order valence-corrected chi connectivity index (χ4v) is 2.90. The summed E-state index contributed by atoms with van der Waals surface area (Å²) in [7, 11) is 0.